The first-order valence-electron chi connectivity index (χ1n) is 3.19. The van der Waals surface area contributed by atoms with Crippen LogP contribution in [0.15, 0.2) is 33.4 Å². The van der Waals surface area contributed by atoms with E-state index in [0.717, 1.165) is 21.1 Å². The van der Waals surface area contributed by atoms with E-state index in [0.29, 0.717) is 0 Å². The number of hydrogen-bond donors (Lipinski definition) is 1. The van der Waals surface area contributed by atoms with Gasteiger partial charge in [0.1, 0.15) is 11.8 Å². The fourth-order valence-corrected chi connectivity index (χ4v) is 1.43. The van der Waals surface area contributed by atoms with Gasteiger partial charge in [-0.05, 0) is 28.1 Å². The fourth-order valence-electron chi connectivity index (χ4n) is 1.01. The number of benzene rings is 1. The third kappa shape index (κ3) is 1.01. The summed E-state index contributed by atoms with van der Waals surface area (Å²) in [7, 11) is 0. The van der Waals surface area contributed by atoms with Gasteiger partial charge >= 0.3 is 0 Å². The molecular weight excluding hydrogens is 206 g/mol. The molecular formula is C8H6BrNO. The maximum atomic E-state index is 5.56. The van der Waals surface area contributed by atoms with Gasteiger partial charge in [0.2, 0.25) is 0 Å². The Hall–Kier alpha value is -0.960. The van der Waals surface area contributed by atoms with Crippen molar-refractivity contribution >= 4 is 32.6 Å². The van der Waals surface area contributed by atoms with E-state index in [1.807, 2.05) is 12.1 Å². The molecule has 1 heterocycles. The predicted molar refractivity (Wildman–Crippen MR) is 48.3 cm³/mol. The molecule has 3 heteroatoms. The highest BCUT2D eigenvalue weighted by molar-refractivity contribution is 9.10. The van der Waals surface area contributed by atoms with Crippen molar-refractivity contribution in [3.8, 4) is 0 Å². The summed E-state index contributed by atoms with van der Waals surface area (Å²) in [6, 6.07) is 5.58. The van der Waals surface area contributed by atoms with Gasteiger partial charge in [-0.1, -0.05) is 0 Å². The zero-order valence-electron chi connectivity index (χ0n) is 5.67. The summed E-state index contributed by atoms with van der Waals surface area (Å²) in [4.78, 5) is 0. The molecule has 11 heavy (non-hydrogen) atoms. The zero-order valence-corrected chi connectivity index (χ0v) is 7.26. The van der Waals surface area contributed by atoms with Crippen LogP contribution in [0.4, 0.5) is 5.69 Å². The average Bonchev–Trinajstić information content (AvgIpc) is 2.32. The van der Waals surface area contributed by atoms with Crippen molar-refractivity contribution in [2.45, 2.75) is 0 Å². The molecule has 2 N–H and O–H groups in total. The van der Waals surface area contributed by atoms with E-state index < -0.39 is 0 Å². The molecule has 1 aromatic carbocycles. The minimum atomic E-state index is 0.722. The molecule has 0 amide bonds. The number of nitrogens with two attached hydrogens (primary N) is 1. The van der Waals surface area contributed by atoms with Gasteiger partial charge in [-0.15, -0.1) is 0 Å². The molecule has 0 aliphatic rings. The van der Waals surface area contributed by atoms with Gasteiger partial charge in [0.05, 0.1) is 4.47 Å². The average molecular weight is 212 g/mol. The van der Waals surface area contributed by atoms with E-state index in [4.69, 9.17) is 10.2 Å². The van der Waals surface area contributed by atoms with Crippen LogP contribution in [0.2, 0.25) is 0 Å². The Bertz CT molecular complexity index is 394. The molecule has 0 spiro atoms. The molecule has 0 aliphatic heterocycles. The summed E-state index contributed by atoms with van der Waals surface area (Å²) >= 11 is 3.36. The molecule has 0 unspecified atom stereocenters. The summed E-state index contributed by atoms with van der Waals surface area (Å²) in [6.45, 7) is 0. The number of anilines is 1. The van der Waals surface area contributed by atoms with Gasteiger partial charge in [-0.25, -0.2) is 0 Å². The second-order valence-electron chi connectivity index (χ2n) is 2.34. The lowest BCUT2D eigenvalue weighted by atomic mass is 10.2. The van der Waals surface area contributed by atoms with Gasteiger partial charge in [-0.2, -0.15) is 0 Å². The number of halogens is 1. The minimum absolute atomic E-state index is 0.722. The summed E-state index contributed by atoms with van der Waals surface area (Å²) in [5.74, 6) is 0. The molecule has 0 bridgehead atoms. The Morgan fingerprint density at radius 2 is 2.18 bits per heavy atom. The number of hydrogen-bond acceptors (Lipinski definition) is 2. The molecule has 0 radical (unpaired) electrons. The Kier molecular flexibility index (Phi) is 1.39. The van der Waals surface area contributed by atoms with Gasteiger partial charge < -0.3 is 10.2 Å². The van der Waals surface area contributed by atoms with E-state index in [9.17, 15) is 0 Å². The molecule has 0 aliphatic carbocycles. The molecule has 0 saturated heterocycles. The van der Waals surface area contributed by atoms with E-state index >= 15 is 0 Å². The SMILES string of the molecule is Nc1ccc2c(Br)coc2c1. The largest absolute Gasteiger partial charge is 0.463 e. The highest BCUT2D eigenvalue weighted by Gasteiger charge is 2.01. The van der Waals surface area contributed by atoms with Gasteiger partial charge in [-0.3, -0.25) is 0 Å². The molecule has 2 aromatic rings. The lowest BCUT2D eigenvalue weighted by molar-refractivity contribution is 0.614. The van der Waals surface area contributed by atoms with Crippen LogP contribution in [0.5, 0.6) is 0 Å². The van der Waals surface area contributed by atoms with Gasteiger partial charge in [0.15, 0.2) is 0 Å². The van der Waals surface area contributed by atoms with Crippen LogP contribution in [0.3, 0.4) is 0 Å². The molecule has 2 rings (SSSR count). The van der Waals surface area contributed by atoms with E-state index in [1.165, 1.54) is 0 Å². The van der Waals surface area contributed by atoms with Crippen LogP contribution >= 0.6 is 15.9 Å². The lowest BCUT2D eigenvalue weighted by Crippen LogP contribution is -1.81. The molecule has 0 atom stereocenters. The molecule has 1 aromatic heterocycles. The summed E-state index contributed by atoms with van der Waals surface area (Å²) in [5.41, 5.74) is 7.10. The van der Waals surface area contributed by atoms with Crippen LogP contribution in [0, 0.1) is 0 Å². The first-order valence-corrected chi connectivity index (χ1v) is 3.99. The van der Waals surface area contributed by atoms with Crippen LogP contribution in [-0.4, -0.2) is 0 Å². The predicted octanol–water partition coefficient (Wildman–Crippen LogP) is 2.78. The number of nitrogen functional groups attached to an aromatic ring is 1. The van der Waals surface area contributed by atoms with E-state index in [1.54, 1.807) is 12.3 Å². The van der Waals surface area contributed by atoms with Crippen molar-refractivity contribution in [2.75, 3.05) is 5.73 Å². The first kappa shape index (κ1) is 6.73. The topological polar surface area (TPSA) is 39.2 Å². The van der Waals surface area contributed by atoms with Crippen LogP contribution in [0.25, 0.3) is 11.0 Å². The van der Waals surface area contributed by atoms with Crippen LogP contribution in [0.1, 0.15) is 0 Å². The maximum absolute atomic E-state index is 5.56. The monoisotopic (exact) mass is 211 g/mol. The molecule has 2 nitrogen and oxygen atoms in total. The zero-order chi connectivity index (χ0) is 7.84. The van der Waals surface area contributed by atoms with E-state index in [-0.39, 0.29) is 0 Å². The third-order valence-electron chi connectivity index (χ3n) is 1.55. The lowest BCUT2D eigenvalue weighted by Gasteiger charge is -1.90. The molecule has 0 fully saturated rings. The van der Waals surface area contributed by atoms with Crippen molar-refractivity contribution in [1.82, 2.24) is 0 Å². The van der Waals surface area contributed by atoms with E-state index in [2.05, 4.69) is 15.9 Å². The van der Waals surface area contributed by atoms with Crippen molar-refractivity contribution < 1.29 is 4.42 Å². The second-order valence-corrected chi connectivity index (χ2v) is 3.19. The highest BCUT2D eigenvalue weighted by atomic mass is 79.9. The van der Waals surface area contributed by atoms with Crippen molar-refractivity contribution in [3.63, 3.8) is 0 Å². The third-order valence-corrected chi connectivity index (χ3v) is 2.17. The van der Waals surface area contributed by atoms with Crippen molar-refractivity contribution in [2.24, 2.45) is 0 Å². The Labute approximate surface area is 72.1 Å². The summed E-state index contributed by atoms with van der Waals surface area (Å²) in [5, 5.41) is 1.05. The number of rotatable bonds is 0. The maximum Gasteiger partial charge on any atom is 0.137 e. The standard InChI is InChI=1S/C8H6BrNO/c9-7-4-11-8-3-5(10)1-2-6(7)8/h1-4H,10H2. The highest BCUT2D eigenvalue weighted by Crippen LogP contribution is 2.26. The second kappa shape index (κ2) is 2.27. The molecule has 0 saturated carbocycles. The van der Waals surface area contributed by atoms with Gasteiger partial charge in [0.25, 0.3) is 0 Å². The van der Waals surface area contributed by atoms with Crippen molar-refractivity contribution in [3.05, 3.63) is 28.9 Å². The number of fused-ring (bicyclic) bond motifs is 1. The molecule has 56 valence electrons. The summed E-state index contributed by atoms with van der Waals surface area (Å²) < 4.78 is 6.17. The van der Waals surface area contributed by atoms with Crippen LogP contribution < -0.4 is 5.73 Å². The van der Waals surface area contributed by atoms with Crippen molar-refractivity contribution in [1.29, 1.82) is 0 Å². The Morgan fingerprint density at radius 3 is 3.00 bits per heavy atom. The Balaban J connectivity index is 2.86. The first-order chi connectivity index (χ1) is 5.27. The Morgan fingerprint density at radius 1 is 1.36 bits per heavy atom. The number of furan rings is 1. The van der Waals surface area contributed by atoms with Crippen LogP contribution in [-0.2, 0) is 0 Å². The minimum Gasteiger partial charge on any atom is -0.463 e. The smallest absolute Gasteiger partial charge is 0.137 e. The summed E-state index contributed by atoms with van der Waals surface area (Å²) in [6.07, 6.45) is 1.66. The normalized spacial score (nSPS) is 10.6. The van der Waals surface area contributed by atoms with Gasteiger partial charge in [0, 0.05) is 17.1 Å². The fraction of sp³-hybridized carbons (Fsp3) is 0. The quantitative estimate of drug-likeness (QED) is 0.682.